The van der Waals surface area contributed by atoms with Crippen molar-refractivity contribution in [3.8, 4) is 0 Å². The van der Waals surface area contributed by atoms with Gasteiger partial charge in [-0.1, -0.05) is 19.1 Å². The SMILES string of the molecule is CCCN(Cc1cccc(N)c1)C(=O)c1csc(Br)c1. The lowest BCUT2D eigenvalue weighted by molar-refractivity contribution is 0.0743. The molecule has 2 N–H and O–H groups in total. The van der Waals surface area contributed by atoms with E-state index in [9.17, 15) is 4.79 Å². The Morgan fingerprint density at radius 2 is 2.20 bits per heavy atom. The number of nitrogen functional groups attached to an aromatic ring is 1. The summed E-state index contributed by atoms with van der Waals surface area (Å²) in [5.74, 6) is 0.0659. The molecule has 0 aliphatic carbocycles. The maximum Gasteiger partial charge on any atom is 0.255 e. The van der Waals surface area contributed by atoms with Crippen LogP contribution in [0, 0.1) is 0 Å². The van der Waals surface area contributed by atoms with E-state index in [1.807, 2.05) is 40.6 Å². The molecule has 0 aliphatic heterocycles. The smallest absolute Gasteiger partial charge is 0.255 e. The Hall–Kier alpha value is -1.33. The van der Waals surface area contributed by atoms with E-state index in [-0.39, 0.29) is 5.91 Å². The highest BCUT2D eigenvalue weighted by Gasteiger charge is 2.16. The summed E-state index contributed by atoms with van der Waals surface area (Å²) in [6.07, 6.45) is 0.930. The fraction of sp³-hybridized carbons (Fsp3) is 0.267. The van der Waals surface area contributed by atoms with Crippen molar-refractivity contribution in [1.29, 1.82) is 0 Å². The van der Waals surface area contributed by atoms with Crippen LogP contribution in [0.15, 0.2) is 39.5 Å². The molecule has 0 spiro atoms. The molecule has 0 saturated heterocycles. The predicted octanol–water partition coefficient (Wildman–Crippen LogP) is 4.15. The quantitative estimate of drug-likeness (QED) is 0.821. The number of benzene rings is 1. The third-order valence-corrected chi connectivity index (χ3v) is 4.42. The van der Waals surface area contributed by atoms with Gasteiger partial charge < -0.3 is 10.6 Å². The van der Waals surface area contributed by atoms with E-state index in [1.165, 1.54) is 11.3 Å². The summed E-state index contributed by atoms with van der Waals surface area (Å²) >= 11 is 4.92. The molecule has 0 atom stereocenters. The molecule has 3 nitrogen and oxygen atoms in total. The van der Waals surface area contributed by atoms with Gasteiger partial charge in [-0.05, 0) is 46.1 Å². The van der Waals surface area contributed by atoms with E-state index in [2.05, 4.69) is 22.9 Å². The number of nitrogens with zero attached hydrogens (tertiary/aromatic N) is 1. The third kappa shape index (κ3) is 3.84. The van der Waals surface area contributed by atoms with E-state index < -0.39 is 0 Å². The van der Waals surface area contributed by atoms with Gasteiger partial charge in [0.05, 0.1) is 9.35 Å². The van der Waals surface area contributed by atoms with Crippen molar-refractivity contribution in [2.24, 2.45) is 0 Å². The predicted molar refractivity (Wildman–Crippen MR) is 87.9 cm³/mol. The van der Waals surface area contributed by atoms with Crippen LogP contribution in [0.5, 0.6) is 0 Å². The Kier molecular flexibility index (Phi) is 5.20. The van der Waals surface area contributed by atoms with Crippen LogP contribution in [0.3, 0.4) is 0 Å². The summed E-state index contributed by atoms with van der Waals surface area (Å²) in [4.78, 5) is 14.4. The number of carbonyl (C=O) groups excluding carboxylic acids is 1. The Morgan fingerprint density at radius 3 is 2.80 bits per heavy atom. The summed E-state index contributed by atoms with van der Waals surface area (Å²) in [5.41, 5.74) is 8.31. The van der Waals surface area contributed by atoms with Crippen LogP contribution >= 0.6 is 27.3 Å². The maximum absolute atomic E-state index is 12.5. The highest BCUT2D eigenvalue weighted by molar-refractivity contribution is 9.11. The number of anilines is 1. The highest BCUT2D eigenvalue weighted by atomic mass is 79.9. The molecule has 2 rings (SSSR count). The molecule has 0 bridgehead atoms. The van der Waals surface area contributed by atoms with Crippen molar-refractivity contribution in [3.05, 3.63) is 50.6 Å². The zero-order valence-electron chi connectivity index (χ0n) is 11.3. The van der Waals surface area contributed by atoms with Gasteiger partial charge in [-0.3, -0.25) is 4.79 Å². The Balaban J connectivity index is 2.16. The van der Waals surface area contributed by atoms with Crippen LogP contribution < -0.4 is 5.73 Å². The van der Waals surface area contributed by atoms with Crippen molar-refractivity contribution < 1.29 is 4.79 Å². The number of hydrogen-bond donors (Lipinski definition) is 1. The second-order valence-electron chi connectivity index (χ2n) is 4.61. The summed E-state index contributed by atoms with van der Waals surface area (Å²) in [6.45, 7) is 3.40. The number of rotatable bonds is 5. The van der Waals surface area contributed by atoms with E-state index in [1.54, 1.807) is 0 Å². The van der Waals surface area contributed by atoms with Crippen molar-refractivity contribution in [2.45, 2.75) is 19.9 Å². The van der Waals surface area contributed by atoms with Gasteiger partial charge >= 0.3 is 0 Å². The minimum absolute atomic E-state index is 0.0659. The van der Waals surface area contributed by atoms with Crippen molar-refractivity contribution >= 4 is 38.9 Å². The van der Waals surface area contributed by atoms with Crippen molar-refractivity contribution in [2.75, 3.05) is 12.3 Å². The van der Waals surface area contributed by atoms with Crippen LogP contribution in [-0.4, -0.2) is 17.4 Å². The number of hydrogen-bond acceptors (Lipinski definition) is 3. The average Bonchev–Trinajstić information content (AvgIpc) is 2.84. The zero-order chi connectivity index (χ0) is 14.5. The second kappa shape index (κ2) is 6.90. The Bertz CT molecular complexity index is 597. The second-order valence-corrected chi connectivity index (χ2v) is 6.90. The molecule has 20 heavy (non-hydrogen) atoms. The van der Waals surface area contributed by atoms with E-state index >= 15 is 0 Å². The first kappa shape index (κ1) is 15.1. The van der Waals surface area contributed by atoms with Gasteiger partial charge in [0, 0.05) is 24.2 Å². The largest absolute Gasteiger partial charge is 0.399 e. The van der Waals surface area contributed by atoms with Crippen LogP contribution in [-0.2, 0) is 6.54 Å². The van der Waals surface area contributed by atoms with Crippen LogP contribution in [0.25, 0.3) is 0 Å². The summed E-state index contributed by atoms with van der Waals surface area (Å²) < 4.78 is 0.973. The van der Waals surface area contributed by atoms with Gasteiger partial charge in [-0.2, -0.15) is 0 Å². The molecular formula is C15H17BrN2OS. The van der Waals surface area contributed by atoms with Crippen molar-refractivity contribution in [1.82, 2.24) is 4.90 Å². The standard InChI is InChI=1S/C15H17BrN2OS/c1-2-6-18(9-11-4-3-5-13(17)7-11)15(19)12-8-14(16)20-10-12/h3-5,7-8,10H,2,6,9,17H2,1H3. The lowest BCUT2D eigenvalue weighted by Gasteiger charge is -2.22. The lowest BCUT2D eigenvalue weighted by Crippen LogP contribution is -2.31. The van der Waals surface area contributed by atoms with Gasteiger partial charge in [-0.15, -0.1) is 11.3 Å². The Labute approximate surface area is 131 Å². The average molecular weight is 353 g/mol. The first-order valence-corrected chi connectivity index (χ1v) is 8.15. The fourth-order valence-corrected chi connectivity index (χ4v) is 3.17. The molecule has 1 aromatic heterocycles. The number of carbonyl (C=O) groups is 1. The van der Waals surface area contributed by atoms with E-state index in [0.29, 0.717) is 6.54 Å². The van der Waals surface area contributed by atoms with E-state index in [4.69, 9.17) is 5.73 Å². The normalized spacial score (nSPS) is 10.5. The molecule has 1 aromatic carbocycles. The number of amides is 1. The van der Waals surface area contributed by atoms with Crippen LogP contribution in [0.1, 0.15) is 29.3 Å². The molecule has 0 fully saturated rings. The number of halogens is 1. The summed E-state index contributed by atoms with van der Waals surface area (Å²) in [7, 11) is 0. The number of thiophene rings is 1. The fourth-order valence-electron chi connectivity index (χ4n) is 2.04. The monoisotopic (exact) mass is 352 g/mol. The van der Waals surface area contributed by atoms with Gasteiger partial charge in [-0.25, -0.2) is 0 Å². The van der Waals surface area contributed by atoms with E-state index in [0.717, 1.165) is 33.6 Å². The lowest BCUT2D eigenvalue weighted by atomic mass is 10.1. The topological polar surface area (TPSA) is 46.3 Å². The van der Waals surface area contributed by atoms with Crippen LogP contribution in [0.4, 0.5) is 5.69 Å². The van der Waals surface area contributed by atoms with Crippen LogP contribution in [0.2, 0.25) is 0 Å². The van der Waals surface area contributed by atoms with Gasteiger partial charge in [0.1, 0.15) is 0 Å². The van der Waals surface area contributed by atoms with Crippen molar-refractivity contribution in [3.63, 3.8) is 0 Å². The molecular weight excluding hydrogens is 336 g/mol. The first-order valence-electron chi connectivity index (χ1n) is 6.48. The molecule has 0 radical (unpaired) electrons. The molecule has 1 heterocycles. The zero-order valence-corrected chi connectivity index (χ0v) is 13.7. The molecule has 106 valence electrons. The molecule has 0 aliphatic rings. The van der Waals surface area contributed by atoms with Gasteiger partial charge in [0.2, 0.25) is 0 Å². The summed E-state index contributed by atoms with van der Waals surface area (Å²) in [6, 6.07) is 9.55. The van der Waals surface area contributed by atoms with Gasteiger partial charge in [0.25, 0.3) is 5.91 Å². The highest BCUT2D eigenvalue weighted by Crippen LogP contribution is 2.22. The minimum atomic E-state index is 0.0659. The van der Waals surface area contributed by atoms with Gasteiger partial charge in [0.15, 0.2) is 0 Å². The molecule has 0 saturated carbocycles. The summed E-state index contributed by atoms with van der Waals surface area (Å²) in [5, 5.41) is 1.88. The maximum atomic E-state index is 12.5. The Morgan fingerprint density at radius 1 is 1.40 bits per heavy atom. The molecule has 2 aromatic rings. The first-order chi connectivity index (χ1) is 9.60. The third-order valence-electron chi connectivity index (χ3n) is 2.92. The molecule has 1 amide bonds. The number of nitrogens with two attached hydrogens (primary N) is 1. The molecule has 0 unspecified atom stereocenters. The minimum Gasteiger partial charge on any atom is -0.399 e. The molecule has 5 heteroatoms.